The highest BCUT2D eigenvalue weighted by molar-refractivity contribution is 5.64. The molecule has 0 saturated carbocycles. The summed E-state index contributed by atoms with van der Waals surface area (Å²) >= 11 is 0. The molecule has 7 nitrogen and oxygen atoms in total. The molecule has 2 N–H and O–H groups in total. The molecule has 0 spiro atoms. The fraction of sp³-hybridized carbons (Fsp3) is 0.130. The zero-order valence-electron chi connectivity index (χ0n) is 16.6. The van der Waals surface area contributed by atoms with Crippen LogP contribution in [0.2, 0.25) is 0 Å². The molecule has 7 heteroatoms. The van der Waals surface area contributed by atoms with Gasteiger partial charge in [0.05, 0.1) is 36.4 Å². The predicted octanol–water partition coefficient (Wildman–Crippen LogP) is 4.18. The van der Waals surface area contributed by atoms with Crippen molar-refractivity contribution in [2.75, 3.05) is 17.2 Å². The van der Waals surface area contributed by atoms with E-state index in [0.29, 0.717) is 18.2 Å². The first-order valence-corrected chi connectivity index (χ1v) is 9.65. The van der Waals surface area contributed by atoms with Crippen LogP contribution in [0, 0.1) is 0 Å². The van der Waals surface area contributed by atoms with E-state index in [4.69, 9.17) is 10.5 Å². The van der Waals surface area contributed by atoms with Gasteiger partial charge in [0.25, 0.3) is 0 Å². The lowest BCUT2D eigenvalue weighted by atomic mass is 9.99. The maximum atomic E-state index is 5.89. The van der Waals surface area contributed by atoms with Gasteiger partial charge in [-0.3, -0.25) is 9.97 Å². The number of anilines is 3. The summed E-state index contributed by atoms with van der Waals surface area (Å²) in [5, 5.41) is 0. The number of hydrogen-bond acceptors (Lipinski definition) is 7. The molecule has 4 heterocycles. The van der Waals surface area contributed by atoms with Gasteiger partial charge >= 0.3 is 0 Å². The summed E-state index contributed by atoms with van der Waals surface area (Å²) in [6, 6.07) is 15.2. The molecule has 0 amide bonds. The fourth-order valence-corrected chi connectivity index (χ4v) is 3.27. The van der Waals surface area contributed by atoms with Crippen LogP contribution in [-0.4, -0.2) is 26.5 Å². The van der Waals surface area contributed by atoms with Gasteiger partial charge in [-0.25, -0.2) is 9.97 Å². The summed E-state index contributed by atoms with van der Waals surface area (Å²) in [6.07, 6.45) is 10.6. The first-order chi connectivity index (χ1) is 14.8. The van der Waals surface area contributed by atoms with Crippen LogP contribution in [-0.2, 0) is 0 Å². The number of nitrogens with two attached hydrogens (primary N) is 1. The van der Waals surface area contributed by atoms with E-state index in [9.17, 15) is 0 Å². The molecule has 4 rings (SSSR count). The molecule has 150 valence electrons. The number of hydrogen-bond donors (Lipinski definition) is 1. The second-order valence-electron chi connectivity index (χ2n) is 6.58. The molecule has 0 bridgehead atoms. The largest absolute Gasteiger partial charge is 0.478 e. The zero-order valence-corrected chi connectivity index (χ0v) is 16.6. The second kappa shape index (κ2) is 9.00. The number of rotatable bonds is 7. The van der Waals surface area contributed by atoms with Crippen molar-refractivity contribution >= 4 is 17.2 Å². The van der Waals surface area contributed by atoms with E-state index >= 15 is 0 Å². The minimum Gasteiger partial charge on any atom is -0.478 e. The number of pyridine rings is 4. The highest BCUT2D eigenvalue weighted by Crippen LogP contribution is 2.38. The van der Waals surface area contributed by atoms with Crippen molar-refractivity contribution in [2.45, 2.75) is 13.0 Å². The first kappa shape index (κ1) is 19.3. The lowest BCUT2D eigenvalue weighted by molar-refractivity contribution is 0.327. The van der Waals surface area contributed by atoms with E-state index in [1.165, 1.54) is 0 Å². The van der Waals surface area contributed by atoms with Gasteiger partial charge < -0.3 is 15.4 Å². The summed E-state index contributed by atoms with van der Waals surface area (Å²) in [5.74, 6) is 1.30. The van der Waals surface area contributed by atoms with Crippen molar-refractivity contribution < 1.29 is 4.74 Å². The number of aromatic nitrogens is 4. The van der Waals surface area contributed by atoms with Crippen LogP contribution >= 0.6 is 0 Å². The summed E-state index contributed by atoms with van der Waals surface area (Å²) in [6.45, 7) is 2.49. The topological polar surface area (TPSA) is 90.1 Å². The van der Waals surface area contributed by atoms with Gasteiger partial charge in [-0.15, -0.1) is 0 Å². The van der Waals surface area contributed by atoms with Gasteiger partial charge in [-0.1, -0.05) is 12.1 Å². The molecular formula is C23H22N6O. The monoisotopic (exact) mass is 398 g/mol. The molecule has 0 aliphatic heterocycles. The summed E-state index contributed by atoms with van der Waals surface area (Å²) < 4.78 is 5.51. The van der Waals surface area contributed by atoms with Crippen LogP contribution in [0.25, 0.3) is 0 Å². The Bertz CT molecular complexity index is 1020. The number of nitrogen functional groups attached to an aromatic ring is 1. The van der Waals surface area contributed by atoms with Crippen molar-refractivity contribution in [1.82, 2.24) is 19.9 Å². The molecule has 4 aromatic rings. The highest BCUT2D eigenvalue weighted by atomic mass is 16.5. The summed E-state index contributed by atoms with van der Waals surface area (Å²) in [4.78, 5) is 19.8. The average molecular weight is 398 g/mol. The Kier molecular flexibility index (Phi) is 5.80. The maximum absolute atomic E-state index is 5.89. The van der Waals surface area contributed by atoms with Gasteiger partial charge in [0.1, 0.15) is 5.82 Å². The molecule has 0 aromatic carbocycles. The molecule has 0 fully saturated rings. The van der Waals surface area contributed by atoms with Crippen molar-refractivity contribution in [3.63, 3.8) is 0 Å². The summed E-state index contributed by atoms with van der Waals surface area (Å²) in [7, 11) is 0. The van der Waals surface area contributed by atoms with Crippen molar-refractivity contribution in [3.05, 3.63) is 96.8 Å². The van der Waals surface area contributed by atoms with E-state index in [0.717, 1.165) is 22.6 Å². The normalized spacial score (nSPS) is 10.7. The Morgan fingerprint density at radius 2 is 1.60 bits per heavy atom. The zero-order chi connectivity index (χ0) is 20.8. The van der Waals surface area contributed by atoms with E-state index in [-0.39, 0.29) is 6.04 Å². The molecule has 4 aromatic heterocycles. The quantitative estimate of drug-likeness (QED) is 0.499. The third-order valence-corrected chi connectivity index (χ3v) is 4.57. The molecular weight excluding hydrogens is 376 g/mol. The van der Waals surface area contributed by atoms with E-state index in [2.05, 4.69) is 24.8 Å². The van der Waals surface area contributed by atoms with E-state index in [1.54, 1.807) is 24.8 Å². The molecule has 0 aliphatic carbocycles. The minimum absolute atomic E-state index is 0.219. The summed E-state index contributed by atoms with van der Waals surface area (Å²) in [5.41, 5.74) is 9.34. The van der Waals surface area contributed by atoms with Crippen molar-refractivity contribution in [1.29, 1.82) is 0 Å². The van der Waals surface area contributed by atoms with Crippen LogP contribution < -0.4 is 15.4 Å². The Balaban J connectivity index is 1.88. The van der Waals surface area contributed by atoms with Gasteiger partial charge in [-0.05, 0) is 48.4 Å². The van der Waals surface area contributed by atoms with Gasteiger partial charge in [0, 0.05) is 30.9 Å². The SMILES string of the molecule is CCOc1ccc(N(c2ccc(N)cn2)C(c2cccnc2)c2cccnc2)cn1. The van der Waals surface area contributed by atoms with Crippen molar-refractivity contribution in [2.24, 2.45) is 0 Å². The van der Waals surface area contributed by atoms with Crippen LogP contribution in [0.4, 0.5) is 17.2 Å². The number of ether oxygens (including phenoxy) is 1. The molecule has 0 unspecified atom stereocenters. The first-order valence-electron chi connectivity index (χ1n) is 9.65. The lowest BCUT2D eigenvalue weighted by Gasteiger charge is -2.33. The average Bonchev–Trinajstić information content (AvgIpc) is 2.80. The number of nitrogens with zero attached hydrogens (tertiary/aromatic N) is 5. The lowest BCUT2D eigenvalue weighted by Crippen LogP contribution is -2.26. The Morgan fingerprint density at radius 1 is 0.867 bits per heavy atom. The van der Waals surface area contributed by atoms with E-state index < -0.39 is 0 Å². The molecule has 0 radical (unpaired) electrons. The van der Waals surface area contributed by atoms with Crippen LogP contribution in [0.5, 0.6) is 5.88 Å². The van der Waals surface area contributed by atoms with Crippen LogP contribution in [0.15, 0.2) is 85.7 Å². The molecule has 0 atom stereocenters. The Hall–Kier alpha value is -4.00. The Morgan fingerprint density at radius 3 is 2.10 bits per heavy atom. The third-order valence-electron chi connectivity index (χ3n) is 4.57. The predicted molar refractivity (Wildman–Crippen MR) is 117 cm³/mol. The highest BCUT2D eigenvalue weighted by Gasteiger charge is 2.26. The second-order valence-corrected chi connectivity index (χ2v) is 6.58. The molecule has 0 saturated heterocycles. The van der Waals surface area contributed by atoms with Crippen LogP contribution in [0.3, 0.4) is 0 Å². The standard InChI is InChI=1S/C23H22N6O/c1-2-30-22-10-8-20(16-28-22)29(21-9-7-19(24)15-27-21)23(17-5-3-11-25-13-17)18-6-4-12-26-14-18/h3-16,23H,2,24H2,1H3. The van der Waals surface area contributed by atoms with Gasteiger partial charge in [-0.2, -0.15) is 0 Å². The molecule has 0 aliphatic rings. The van der Waals surface area contributed by atoms with E-state index in [1.807, 2.05) is 67.8 Å². The maximum Gasteiger partial charge on any atom is 0.213 e. The van der Waals surface area contributed by atoms with Gasteiger partial charge in [0.2, 0.25) is 5.88 Å². The van der Waals surface area contributed by atoms with Crippen molar-refractivity contribution in [3.8, 4) is 5.88 Å². The van der Waals surface area contributed by atoms with Gasteiger partial charge in [0.15, 0.2) is 0 Å². The fourth-order valence-electron chi connectivity index (χ4n) is 3.27. The molecule has 30 heavy (non-hydrogen) atoms. The third kappa shape index (κ3) is 4.20. The smallest absolute Gasteiger partial charge is 0.213 e. The van der Waals surface area contributed by atoms with Crippen LogP contribution in [0.1, 0.15) is 24.1 Å². The minimum atomic E-state index is -0.219. The Labute approximate surface area is 175 Å².